The minimum absolute atomic E-state index is 0.186. The zero-order chi connectivity index (χ0) is 16.9. The molecular formula is C17H21N5O2. The van der Waals surface area contributed by atoms with E-state index in [1.807, 2.05) is 6.07 Å². The van der Waals surface area contributed by atoms with Crippen molar-refractivity contribution < 1.29 is 9.59 Å². The number of carbonyl (C=O) groups is 2. The molecule has 1 saturated carbocycles. The fourth-order valence-corrected chi connectivity index (χ4v) is 3.13. The fraction of sp³-hybridized carbons (Fsp3) is 0.412. The van der Waals surface area contributed by atoms with Gasteiger partial charge in [-0.2, -0.15) is 5.10 Å². The largest absolute Gasteiger partial charge is 0.344 e. The van der Waals surface area contributed by atoms with Crippen molar-refractivity contribution in [1.82, 2.24) is 20.1 Å². The van der Waals surface area contributed by atoms with E-state index in [4.69, 9.17) is 0 Å². The third kappa shape index (κ3) is 3.79. The fourth-order valence-electron chi connectivity index (χ4n) is 3.13. The van der Waals surface area contributed by atoms with Crippen molar-refractivity contribution in [3.8, 4) is 5.82 Å². The summed E-state index contributed by atoms with van der Waals surface area (Å²) in [6, 6.07) is 4.89. The quantitative estimate of drug-likeness (QED) is 0.878. The van der Waals surface area contributed by atoms with Gasteiger partial charge >= 0.3 is 0 Å². The van der Waals surface area contributed by atoms with Crippen LogP contribution in [0.5, 0.6) is 0 Å². The van der Waals surface area contributed by atoms with E-state index in [0.29, 0.717) is 11.5 Å². The molecule has 1 fully saturated rings. The Balaban J connectivity index is 1.68. The Kier molecular flexibility index (Phi) is 4.88. The highest BCUT2D eigenvalue weighted by molar-refractivity contribution is 5.97. The molecule has 0 radical (unpaired) electrons. The molecule has 2 amide bonds. The summed E-state index contributed by atoms with van der Waals surface area (Å²) in [5.74, 6) is 0.498. The summed E-state index contributed by atoms with van der Waals surface area (Å²) in [5, 5.41) is 9.75. The van der Waals surface area contributed by atoms with Gasteiger partial charge in [-0.3, -0.25) is 9.59 Å². The number of amides is 2. The molecule has 24 heavy (non-hydrogen) atoms. The Labute approximate surface area is 140 Å². The van der Waals surface area contributed by atoms with Crippen LogP contribution in [0.3, 0.4) is 0 Å². The smallest absolute Gasteiger partial charge is 0.247 e. The van der Waals surface area contributed by atoms with Gasteiger partial charge in [0.15, 0.2) is 5.82 Å². The molecule has 2 aromatic rings. The van der Waals surface area contributed by atoms with Crippen molar-refractivity contribution in [3.63, 3.8) is 0 Å². The number of hydrogen-bond acceptors (Lipinski definition) is 4. The number of hydrogen-bond donors (Lipinski definition) is 2. The molecule has 1 aliphatic rings. The van der Waals surface area contributed by atoms with E-state index in [1.54, 1.807) is 35.4 Å². The van der Waals surface area contributed by atoms with Crippen LogP contribution in [0, 0.1) is 5.92 Å². The maximum Gasteiger partial charge on any atom is 0.247 e. The second kappa shape index (κ2) is 7.25. The lowest BCUT2D eigenvalue weighted by atomic mass is 9.97. The average molecular weight is 327 g/mol. The number of anilines is 1. The summed E-state index contributed by atoms with van der Waals surface area (Å²) in [5.41, 5.74) is 0.601. The molecule has 3 rings (SSSR count). The lowest BCUT2D eigenvalue weighted by Gasteiger charge is -2.23. The molecule has 2 aromatic heterocycles. The van der Waals surface area contributed by atoms with Crippen LogP contribution >= 0.6 is 0 Å². The van der Waals surface area contributed by atoms with Crippen LogP contribution in [-0.2, 0) is 9.59 Å². The molecule has 1 aliphatic carbocycles. The highest BCUT2D eigenvalue weighted by Crippen LogP contribution is 2.28. The Morgan fingerprint density at radius 1 is 1.29 bits per heavy atom. The topological polar surface area (TPSA) is 88.9 Å². The van der Waals surface area contributed by atoms with Crippen molar-refractivity contribution >= 4 is 17.5 Å². The second-order valence-electron chi connectivity index (χ2n) is 6.07. The van der Waals surface area contributed by atoms with E-state index in [-0.39, 0.29) is 17.7 Å². The van der Waals surface area contributed by atoms with Crippen LogP contribution in [0.1, 0.15) is 32.6 Å². The van der Waals surface area contributed by atoms with E-state index in [2.05, 4.69) is 20.7 Å². The molecule has 0 aromatic carbocycles. The predicted molar refractivity (Wildman–Crippen MR) is 89.6 cm³/mol. The van der Waals surface area contributed by atoms with Crippen LogP contribution < -0.4 is 10.6 Å². The minimum atomic E-state index is -0.490. The van der Waals surface area contributed by atoms with E-state index in [0.717, 1.165) is 25.7 Å². The van der Waals surface area contributed by atoms with Gasteiger partial charge in [0.1, 0.15) is 6.04 Å². The van der Waals surface area contributed by atoms with Gasteiger partial charge in [-0.1, -0.05) is 12.8 Å². The summed E-state index contributed by atoms with van der Waals surface area (Å²) in [6.45, 7) is 1.44. The summed E-state index contributed by atoms with van der Waals surface area (Å²) < 4.78 is 1.64. The lowest BCUT2D eigenvalue weighted by Crippen LogP contribution is -2.47. The molecule has 7 nitrogen and oxygen atoms in total. The number of pyridine rings is 1. The lowest BCUT2D eigenvalue weighted by molar-refractivity contribution is -0.126. The summed E-state index contributed by atoms with van der Waals surface area (Å²) >= 11 is 0. The third-order valence-electron chi connectivity index (χ3n) is 4.27. The van der Waals surface area contributed by atoms with Crippen LogP contribution in [0.2, 0.25) is 0 Å². The van der Waals surface area contributed by atoms with Crippen molar-refractivity contribution in [3.05, 3.63) is 36.8 Å². The van der Waals surface area contributed by atoms with Gasteiger partial charge in [0, 0.05) is 19.3 Å². The summed E-state index contributed by atoms with van der Waals surface area (Å²) in [4.78, 5) is 28.3. The molecule has 1 atom stereocenters. The Hall–Kier alpha value is -2.70. The monoisotopic (exact) mass is 327 g/mol. The third-order valence-corrected chi connectivity index (χ3v) is 4.27. The first kappa shape index (κ1) is 16.2. The molecular weight excluding hydrogens is 306 g/mol. The number of rotatable bonds is 5. The number of carbonyl (C=O) groups excluding carboxylic acids is 2. The summed E-state index contributed by atoms with van der Waals surface area (Å²) in [7, 11) is 0. The molecule has 2 N–H and O–H groups in total. The second-order valence-corrected chi connectivity index (χ2v) is 6.07. The van der Waals surface area contributed by atoms with Crippen LogP contribution in [0.15, 0.2) is 36.8 Å². The summed E-state index contributed by atoms with van der Waals surface area (Å²) in [6.07, 6.45) is 9.21. The molecule has 0 bridgehead atoms. The Morgan fingerprint density at radius 3 is 2.67 bits per heavy atom. The SMILES string of the molecule is CC(=O)N[C@@H](C(=O)Nc1ccc(-n2cccn2)nc1)C1CCCC1. The van der Waals surface area contributed by atoms with Gasteiger partial charge in [0.2, 0.25) is 11.8 Å². The van der Waals surface area contributed by atoms with E-state index >= 15 is 0 Å². The van der Waals surface area contributed by atoms with Gasteiger partial charge in [0.05, 0.1) is 11.9 Å². The van der Waals surface area contributed by atoms with Gasteiger partial charge in [-0.25, -0.2) is 9.67 Å². The van der Waals surface area contributed by atoms with E-state index < -0.39 is 6.04 Å². The zero-order valence-corrected chi connectivity index (χ0v) is 13.6. The van der Waals surface area contributed by atoms with Crippen molar-refractivity contribution in [1.29, 1.82) is 0 Å². The van der Waals surface area contributed by atoms with Crippen molar-refractivity contribution in [2.75, 3.05) is 5.32 Å². The average Bonchev–Trinajstić information content (AvgIpc) is 3.26. The molecule has 7 heteroatoms. The number of nitrogens with one attached hydrogen (secondary N) is 2. The normalized spacial score (nSPS) is 15.9. The molecule has 0 saturated heterocycles. The number of aromatic nitrogens is 3. The molecule has 0 aliphatic heterocycles. The molecule has 0 spiro atoms. The van der Waals surface area contributed by atoms with Gasteiger partial charge < -0.3 is 10.6 Å². The maximum atomic E-state index is 12.6. The zero-order valence-electron chi connectivity index (χ0n) is 13.6. The molecule has 2 heterocycles. The number of nitrogens with zero attached hydrogens (tertiary/aromatic N) is 3. The van der Waals surface area contributed by atoms with E-state index in [1.165, 1.54) is 6.92 Å². The van der Waals surface area contributed by atoms with Crippen LogP contribution in [0.25, 0.3) is 5.82 Å². The Morgan fingerprint density at radius 2 is 2.08 bits per heavy atom. The van der Waals surface area contributed by atoms with Crippen LogP contribution in [0.4, 0.5) is 5.69 Å². The first-order valence-corrected chi connectivity index (χ1v) is 8.17. The van der Waals surface area contributed by atoms with Gasteiger partial charge in [0.25, 0.3) is 0 Å². The van der Waals surface area contributed by atoms with Gasteiger partial charge in [-0.05, 0) is 37.0 Å². The standard InChI is InChI=1S/C17H21N5O2/c1-12(23)20-16(13-5-2-3-6-13)17(24)21-14-7-8-15(18-11-14)22-10-4-9-19-22/h4,7-11,13,16H,2-3,5-6H2,1H3,(H,20,23)(H,21,24)/t16-/m1/s1. The van der Waals surface area contributed by atoms with Gasteiger partial charge in [-0.15, -0.1) is 0 Å². The highest BCUT2D eigenvalue weighted by Gasteiger charge is 2.31. The minimum Gasteiger partial charge on any atom is -0.344 e. The van der Waals surface area contributed by atoms with E-state index in [9.17, 15) is 9.59 Å². The van der Waals surface area contributed by atoms with Crippen molar-refractivity contribution in [2.45, 2.75) is 38.6 Å². The highest BCUT2D eigenvalue weighted by atomic mass is 16.2. The van der Waals surface area contributed by atoms with Crippen LogP contribution in [-0.4, -0.2) is 32.6 Å². The predicted octanol–water partition coefficient (Wildman–Crippen LogP) is 1.90. The van der Waals surface area contributed by atoms with Crippen molar-refractivity contribution in [2.24, 2.45) is 5.92 Å². The molecule has 126 valence electrons. The Bertz CT molecular complexity index is 690. The maximum absolute atomic E-state index is 12.6. The molecule has 0 unspecified atom stereocenters. The first-order valence-electron chi connectivity index (χ1n) is 8.17. The first-order chi connectivity index (χ1) is 11.6.